The second kappa shape index (κ2) is 13.3. The second-order valence-electron chi connectivity index (χ2n) is 8.11. The molecule has 3 aromatic rings. The van der Waals surface area contributed by atoms with Crippen molar-refractivity contribution in [3.63, 3.8) is 0 Å². The lowest BCUT2D eigenvalue weighted by atomic mass is 10.2. The van der Waals surface area contributed by atoms with Crippen molar-refractivity contribution in [3.8, 4) is 11.5 Å². The lowest BCUT2D eigenvalue weighted by Gasteiger charge is -2.07. The van der Waals surface area contributed by atoms with Crippen LogP contribution in [-0.4, -0.2) is 30.3 Å². The van der Waals surface area contributed by atoms with Gasteiger partial charge in [0.2, 0.25) is 0 Å². The van der Waals surface area contributed by atoms with E-state index in [1.807, 2.05) is 31.2 Å². The van der Waals surface area contributed by atoms with Gasteiger partial charge in [0.05, 0.1) is 17.7 Å². The minimum absolute atomic E-state index is 0.331. The van der Waals surface area contributed by atoms with Crippen molar-refractivity contribution in [3.05, 3.63) is 102 Å². The minimum Gasteiger partial charge on any atom is -0.462 e. The molecule has 0 saturated heterocycles. The second-order valence-corrected chi connectivity index (χ2v) is 9.28. The summed E-state index contributed by atoms with van der Waals surface area (Å²) in [7, 11) is 0. The number of thioether (sulfide) groups is 1. The van der Waals surface area contributed by atoms with E-state index in [1.165, 1.54) is 0 Å². The highest BCUT2D eigenvalue weighted by molar-refractivity contribution is 7.99. The van der Waals surface area contributed by atoms with Gasteiger partial charge in [-0.25, -0.2) is 14.4 Å². The van der Waals surface area contributed by atoms with E-state index < -0.39 is 11.9 Å². The fourth-order valence-corrected chi connectivity index (χ4v) is 3.88. The maximum Gasteiger partial charge on any atom is 0.343 e. The van der Waals surface area contributed by atoms with Gasteiger partial charge in [0, 0.05) is 10.5 Å². The third-order valence-corrected chi connectivity index (χ3v) is 6.11. The monoisotopic (exact) mass is 504 g/mol. The van der Waals surface area contributed by atoms with Crippen molar-refractivity contribution in [1.82, 2.24) is 0 Å². The van der Waals surface area contributed by atoms with E-state index in [4.69, 9.17) is 14.2 Å². The molecule has 0 aliphatic rings. The van der Waals surface area contributed by atoms with Crippen LogP contribution < -0.4 is 9.47 Å². The first-order valence-electron chi connectivity index (χ1n) is 11.5. The van der Waals surface area contributed by atoms with E-state index in [2.05, 4.69) is 6.58 Å². The molecule has 0 radical (unpaired) electrons. The number of hydrogen-bond donors (Lipinski definition) is 0. The van der Waals surface area contributed by atoms with Gasteiger partial charge in [-0.15, -0.1) is 11.8 Å². The van der Waals surface area contributed by atoms with Gasteiger partial charge in [0.15, 0.2) is 0 Å². The van der Waals surface area contributed by atoms with Gasteiger partial charge in [-0.05, 0) is 93.1 Å². The average molecular weight is 505 g/mol. The molecule has 0 aliphatic heterocycles. The van der Waals surface area contributed by atoms with Gasteiger partial charge in [0.1, 0.15) is 11.5 Å². The Hall–Kier alpha value is -3.84. The van der Waals surface area contributed by atoms with Gasteiger partial charge in [-0.1, -0.05) is 24.3 Å². The highest BCUT2D eigenvalue weighted by Gasteiger charge is 2.12. The number of ether oxygens (including phenoxy) is 3. The molecule has 0 fully saturated rings. The Labute approximate surface area is 215 Å². The topological polar surface area (TPSA) is 78.9 Å². The lowest BCUT2D eigenvalue weighted by molar-refractivity contribution is -0.139. The van der Waals surface area contributed by atoms with Gasteiger partial charge in [-0.2, -0.15) is 0 Å². The van der Waals surface area contributed by atoms with Gasteiger partial charge in [0.25, 0.3) is 0 Å². The smallest absolute Gasteiger partial charge is 0.343 e. The summed E-state index contributed by atoms with van der Waals surface area (Å²) in [6.45, 7) is 7.51. The molecule has 0 aromatic heterocycles. The van der Waals surface area contributed by atoms with Crippen LogP contribution in [-0.2, 0) is 9.53 Å². The summed E-state index contributed by atoms with van der Waals surface area (Å²) in [5.74, 6) is 0.331. The van der Waals surface area contributed by atoms with E-state index in [1.54, 1.807) is 67.2 Å². The van der Waals surface area contributed by atoms with Crippen LogP contribution in [0.15, 0.2) is 89.8 Å². The number of hydrogen-bond acceptors (Lipinski definition) is 7. The molecule has 0 heterocycles. The van der Waals surface area contributed by atoms with Crippen molar-refractivity contribution in [2.45, 2.75) is 31.6 Å². The molecule has 0 atom stereocenters. The average Bonchev–Trinajstić information content (AvgIpc) is 2.88. The number of esters is 3. The number of rotatable bonds is 11. The van der Waals surface area contributed by atoms with Crippen LogP contribution in [0.25, 0.3) is 0 Å². The zero-order valence-electron chi connectivity index (χ0n) is 20.3. The van der Waals surface area contributed by atoms with E-state index in [0.717, 1.165) is 29.1 Å². The van der Waals surface area contributed by atoms with Crippen LogP contribution in [0.1, 0.15) is 46.0 Å². The van der Waals surface area contributed by atoms with Crippen LogP contribution in [0.3, 0.4) is 0 Å². The zero-order valence-corrected chi connectivity index (χ0v) is 21.1. The third kappa shape index (κ3) is 8.43. The van der Waals surface area contributed by atoms with Gasteiger partial charge in [-0.3, -0.25) is 0 Å². The molecule has 186 valence electrons. The number of carbonyl (C=O) groups is 3. The minimum atomic E-state index is -0.488. The van der Waals surface area contributed by atoms with Crippen LogP contribution in [0.4, 0.5) is 0 Å². The molecular weight excluding hydrogens is 476 g/mol. The maximum absolute atomic E-state index is 12.5. The first-order valence-corrected chi connectivity index (χ1v) is 12.5. The first-order chi connectivity index (χ1) is 17.3. The van der Waals surface area contributed by atoms with E-state index in [9.17, 15) is 14.4 Å². The number of unbranched alkanes of at least 4 members (excludes halogenated alkanes) is 1. The normalized spacial score (nSPS) is 10.4. The highest BCUT2D eigenvalue weighted by atomic mass is 32.2. The Bertz CT molecular complexity index is 1200. The molecule has 0 bridgehead atoms. The number of benzene rings is 3. The molecule has 0 saturated carbocycles. The largest absolute Gasteiger partial charge is 0.462 e. The number of aryl methyl sites for hydroxylation is 1. The number of carbonyl (C=O) groups excluding carboxylic acids is 3. The highest BCUT2D eigenvalue weighted by Crippen LogP contribution is 2.21. The van der Waals surface area contributed by atoms with Crippen LogP contribution in [0.5, 0.6) is 11.5 Å². The predicted octanol–water partition coefficient (Wildman–Crippen LogP) is 6.43. The maximum atomic E-state index is 12.5. The third-order valence-electron chi connectivity index (χ3n) is 5.01. The van der Waals surface area contributed by atoms with E-state index in [0.29, 0.717) is 34.8 Å². The summed E-state index contributed by atoms with van der Waals surface area (Å²) >= 11 is 1.66. The molecule has 0 N–H and O–H groups in total. The summed E-state index contributed by atoms with van der Waals surface area (Å²) in [4.78, 5) is 37.1. The Balaban J connectivity index is 1.42. The fourth-order valence-electron chi connectivity index (χ4n) is 2.97. The molecule has 0 amide bonds. The summed E-state index contributed by atoms with van der Waals surface area (Å²) in [6.07, 6.45) is 1.67. The summed E-state index contributed by atoms with van der Waals surface area (Å²) in [6, 6.07) is 20.6. The van der Waals surface area contributed by atoms with Crippen LogP contribution in [0, 0.1) is 6.92 Å². The standard InChI is InChI=1S/C29H28O6S/c1-20(2)27(30)33-18-4-5-19-36-26-16-10-23(11-17-26)29(32)35-25-14-8-22(9-15-25)28(31)34-24-12-6-21(3)7-13-24/h6-17H,1,4-5,18-19H2,2-3H3. The van der Waals surface area contributed by atoms with Crippen molar-refractivity contribution >= 4 is 29.7 Å². The molecule has 36 heavy (non-hydrogen) atoms. The van der Waals surface area contributed by atoms with E-state index >= 15 is 0 Å². The molecule has 3 aromatic carbocycles. The van der Waals surface area contributed by atoms with Crippen molar-refractivity contribution in [2.75, 3.05) is 12.4 Å². The first kappa shape index (κ1) is 26.8. The molecule has 0 aliphatic carbocycles. The summed E-state index contributed by atoms with van der Waals surface area (Å²) < 4.78 is 15.8. The fraction of sp³-hybridized carbons (Fsp3) is 0.207. The lowest BCUT2D eigenvalue weighted by Crippen LogP contribution is -2.10. The van der Waals surface area contributed by atoms with Crippen molar-refractivity contribution in [1.29, 1.82) is 0 Å². The molecule has 0 spiro atoms. The predicted molar refractivity (Wildman–Crippen MR) is 140 cm³/mol. The summed E-state index contributed by atoms with van der Waals surface area (Å²) in [5, 5.41) is 0. The molecule has 6 nitrogen and oxygen atoms in total. The molecule has 3 rings (SSSR count). The van der Waals surface area contributed by atoms with Crippen LogP contribution >= 0.6 is 11.8 Å². The Morgan fingerprint density at radius 1 is 0.750 bits per heavy atom. The van der Waals surface area contributed by atoms with Crippen molar-refractivity contribution in [2.24, 2.45) is 0 Å². The molecular formula is C29H28O6S. The Morgan fingerprint density at radius 2 is 1.25 bits per heavy atom. The Kier molecular flexibility index (Phi) is 9.89. The Morgan fingerprint density at radius 3 is 1.78 bits per heavy atom. The van der Waals surface area contributed by atoms with Crippen LogP contribution in [0.2, 0.25) is 0 Å². The SMILES string of the molecule is C=C(C)C(=O)OCCCCSc1ccc(C(=O)Oc2ccc(C(=O)Oc3ccc(C)cc3)cc2)cc1. The molecule has 0 unspecified atom stereocenters. The zero-order chi connectivity index (χ0) is 25.9. The van der Waals surface area contributed by atoms with Gasteiger partial charge >= 0.3 is 17.9 Å². The van der Waals surface area contributed by atoms with E-state index in [-0.39, 0.29) is 5.97 Å². The quantitative estimate of drug-likeness (QED) is 0.0979. The molecule has 7 heteroatoms. The summed E-state index contributed by atoms with van der Waals surface area (Å²) in [5.41, 5.74) is 2.25. The van der Waals surface area contributed by atoms with Crippen molar-refractivity contribution < 1.29 is 28.6 Å². The van der Waals surface area contributed by atoms with Gasteiger partial charge < -0.3 is 14.2 Å².